The van der Waals surface area contributed by atoms with Crippen LogP contribution in [-0.2, 0) is 4.79 Å². The lowest BCUT2D eigenvalue weighted by Gasteiger charge is -2.26. The Bertz CT molecular complexity index is 442. The molecule has 1 aliphatic heterocycles. The van der Waals surface area contributed by atoms with Crippen LogP contribution in [0.3, 0.4) is 0 Å². The first-order valence-corrected chi connectivity index (χ1v) is 7.79. The van der Waals surface area contributed by atoms with E-state index in [-0.39, 0.29) is 5.91 Å². The molecule has 0 N–H and O–H groups in total. The van der Waals surface area contributed by atoms with Gasteiger partial charge in [0, 0.05) is 18.1 Å². The summed E-state index contributed by atoms with van der Waals surface area (Å²) in [6, 6.07) is 7.22. The molecule has 1 atom stereocenters. The van der Waals surface area contributed by atoms with Gasteiger partial charge in [0.25, 0.3) is 5.91 Å². The Morgan fingerprint density at radius 3 is 2.60 bits per heavy atom. The summed E-state index contributed by atoms with van der Waals surface area (Å²) in [6.45, 7) is 3.69. The second-order valence-corrected chi connectivity index (χ2v) is 5.65. The van der Waals surface area contributed by atoms with Gasteiger partial charge in [0.1, 0.15) is 5.75 Å². The molecule has 3 nitrogen and oxygen atoms in total. The topological polar surface area (TPSA) is 29.5 Å². The summed E-state index contributed by atoms with van der Waals surface area (Å²) in [7, 11) is 0. The van der Waals surface area contributed by atoms with Gasteiger partial charge in [-0.2, -0.15) is 0 Å². The van der Waals surface area contributed by atoms with Crippen molar-refractivity contribution in [1.29, 1.82) is 0 Å². The average molecular weight is 296 g/mol. The monoisotopic (exact) mass is 295 g/mol. The molecule has 20 heavy (non-hydrogen) atoms. The number of likely N-dealkylation sites (tertiary alicyclic amines) is 1. The van der Waals surface area contributed by atoms with Crippen LogP contribution in [0.2, 0.25) is 5.02 Å². The first-order chi connectivity index (χ1) is 9.70. The zero-order chi connectivity index (χ0) is 14.4. The van der Waals surface area contributed by atoms with E-state index in [1.165, 1.54) is 12.8 Å². The molecule has 110 valence electrons. The maximum Gasteiger partial charge on any atom is 0.263 e. The fourth-order valence-electron chi connectivity index (χ4n) is 2.51. The van der Waals surface area contributed by atoms with Crippen LogP contribution in [0.25, 0.3) is 0 Å². The van der Waals surface area contributed by atoms with Gasteiger partial charge in [-0.1, -0.05) is 37.4 Å². The normalized spacial score (nSPS) is 17.4. The standard InChI is InChI=1S/C16H22ClNO2/c1-2-15(20-14-9-7-8-13(17)12-14)16(19)18-10-5-3-4-6-11-18/h7-9,12,15H,2-6,10-11H2,1H3/t15-/m0/s1. The van der Waals surface area contributed by atoms with Crippen molar-refractivity contribution >= 4 is 17.5 Å². The summed E-state index contributed by atoms with van der Waals surface area (Å²) in [6.07, 6.45) is 4.89. The maximum absolute atomic E-state index is 12.5. The Balaban J connectivity index is 2.01. The zero-order valence-corrected chi connectivity index (χ0v) is 12.7. The molecule has 1 saturated heterocycles. The molecule has 1 amide bonds. The Labute approximate surface area is 125 Å². The van der Waals surface area contributed by atoms with Crippen molar-refractivity contribution in [2.75, 3.05) is 13.1 Å². The molecule has 0 saturated carbocycles. The van der Waals surface area contributed by atoms with Crippen molar-refractivity contribution < 1.29 is 9.53 Å². The van der Waals surface area contributed by atoms with Crippen LogP contribution in [0.15, 0.2) is 24.3 Å². The van der Waals surface area contributed by atoms with E-state index in [1.807, 2.05) is 24.0 Å². The number of ether oxygens (including phenoxy) is 1. The SMILES string of the molecule is CC[C@H](Oc1cccc(Cl)c1)C(=O)N1CCCCCC1. The van der Waals surface area contributed by atoms with Crippen LogP contribution in [0.5, 0.6) is 5.75 Å². The number of carbonyl (C=O) groups is 1. The molecule has 1 aliphatic rings. The molecule has 0 aliphatic carbocycles. The van der Waals surface area contributed by atoms with Crippen LogP contribution in [0, 0.1) is 0 Å². The molecular formula is C16H22ClNO2. The fraction of sp³-hybridized carbons (Fsp3) is 0.562. The van der Waals surface area contributed by atoms with E-state index in [0.717, 1.165) is 25.9 Å². The highest BCUT2D eigenvalue weighted by Gasteiger charge is 2.25. The molecule has 1 aromatic carbocycles. The minimum atomic E-state index is -0.411. The predicted octanol–water partition coefficient (Wildman–Crippen LogP) is 3.90. The lowest BCUT2D eigenvalue weighted by molar-refractivity contribution is -0.138. The molecule has 4 heteroatoms. The number of halogens is 1. The summed E-state index contributed by atoms with van der Waals surface area (Å²) >= 11 is 5.95. The first-order valence-electron chi connectivity index (χ1n) is 7.41. The summed E-state index contributed by atoms with van der Waals surface area (Å²) < 4.78 is 5.82. The van der Waals surface area contributed by atoms with E-state index in [9.17, 15) is 4.79 Å². The number of benzene rings is 1. The molecule has 1 aromatic rings. The summed E-state index contributed by atoms with van der Waals surface area (Å²) in [5.41, 5.74) is 0. The molecule has 1 heterocycles. The minimum Gasteiger partial charge on any atom is -0.481 e. The smallest absolute Gasteiger partial charge is 0.263 e. The van der Waals surface area contributed by atoms with Crippen LogP contribution < -0.4 is 4.74 Å². The molecular weight excluding hydrogens is 274 g/mol. The van der Waals surface area contributed by atoms with Crippen LogP contribution in [0.1, 0.15) is 39.0 Å². The number of carbonyl (C=O) groups excluding carboxylic acids is 1. The highest BCUT2D eigenvalue weighted by atomic mass is 35.5. The van der Waals surface area contributed by atoms with E-state index in [2.05, 4.69) is 0 Å². The van der Waals surface area contributed by atoms with Gasteiger partial charge in [-0.05, 0) is 37.5 Å². The van der Waals surface area contributed by atoms with Crippen LogP contribution in [0.4, 0.5) is 0 Å². The van der Waals surface area contributed by atoms with Gasteiger partial charge in [0.2, 0.25) is 0 Å². The summed E-state index contributed by atoms with van der Waals surface area (Å²) in [4.78, 5) is 14.5. The van der Waals surface area contributed by atoms with Crippen molar-refractivity contribution in [3.63, 3.8) is 0 Å². The predicted molar refractivity (Wildman–Crippen MR) is 81.2 cm³/mol. The maximum atomic E-state index is 12.5. The molecule has 0 unspecified atom stereocenters. The molecule has 2 rings (SSSR count). The first kappa shape index (κ1) is 15.2. The van der Waals surface area contributed by atoms with Gasteiger partial charge in [-0.15, -0.1) is 0 Å². The van der Waals surface area contributed by atoms with Gasteiger partial charge in [0.15, 0.2) is 6.10 Å². The van der Waals surface area contributed by atoms with E-state index in [0.29, 0.717) is 17.2 Å². The van der Waals surface area contributed by atoms with E-state index in [4.69, 9.17) is 16.3 Å². The summed E-state index contributed by atoms with van der Waals surface area (Å²) in [5.74, 6) is 0.766. The van der Waals surface area contributed by atoms with Crippen LogP contribution >= 0.6 is 11.6 Å². The second-order valence-electron chi connectivity index (χ2n) is 5.21. The Hall–Kier alpha value is -1.22. The lowest BCUT2D eigenvalue weighted by atomic mass is 10.2. The lowest BCUT2D eigenvalue weighted by Crippen LogP contribution is -2.42. The zero-order valence-electron chi connectivity index (χ0n) is 12.0. The highest BCUT2D eigenvalue weighted by Crippen LogP contribution is 2.20. The van der Waals surface area contributed by atoms with Gasteiger partial charge < -0.3 is 9.64 Å². The largest absolute Gasteiger partial charge is 0.481 e. The Morgan fingerprint density at radius 2 is 2.00 bits per heavy atom. The molecule has 0 radical (unpaired) electrons. The van der Waals surface area contributed by atoms with Crippen molar-refractivity contribution in [2.24, 2.45) is 0 Å². The average Bonchev–Trinajstić information content (AvgIpc) is 2.73. The third-order valence-corrected chi connectivity index (χ3v) is 3.87. The molecule has 1 fully saturated rings. The van der Waals surface area contributed by atoms with Crippen molar-refractivity contribution in [1.82, 2.24) is 4.90 Å². The van der Waals surface area contributed by atoms with Crippen molar-refractivity contribution in [2.45, 2.75) is 45.1 Å². The summed E-state index contributed by atoms with van der Waals surface area (Å²) in [5, 5.41) is 0.625. The van der Waals surface area contributed by atoms with Gasteiger partial charge in [0.05, 0.1) is 0 Å². The number of amides is 1. The van der Waals surface area contributed by atoms with Crippen LogP contribution in [-0.4, -0.2) is 30.0 Å². The van der Waals surface area contributed by atoms with Crippen molar-refractivity contribution in [3.05, 3.63) is 29.3 Å². The number of rotatable bonds is 4. The van der Waals surface area contributed by atoms with E-state index < -0.39 is 6.10 Å². The third-order valence-electron chi connectivity index (χ3n) is 3.64. The van der Waals surface area contributed by atoms with Gasteiger partial charge >= 0.3 is 0 Å². The number of hydrogen-bond donors (Lipinski definition) is 0. The van der Waals surface area contributed by atoms with Crippen molar-refractivity contribution in [3.8, 4) is 5.75 Å². The fourth-order valence-corrected chi connectivity index (χ4v) is 2.69. The van der Waals surface area contributed by atoms with E-state index in [1.54, 1.807) is 12.1 Å². The highest BCUT2D eigenvalue weighted by molar-refractivity contribution is 6.30. The van der Waals surface area contributed by atoms with Gasteiger partial charge in [-0.3, -0.25) is 4.79 Å². The van der Waals surface area contributed by atoms with E-state index >= 15 is 0 Å². The minimum absolute atomic E-state index is 0.106. The second kappa shape index (κ2) is 7.53. The molecule has 0 aromatic heterocycles. The molecule has 0 spiro atoms. The Kier molecular flexibility index (Phi) is 5.72. The molecule has 0 bridgehead atoms. The quantitative estimate of drug-likeness (QED) is 0.843. The number of hydrogen-bond acceptors (Lipinski definition) is 2. The van der Waals surface area contributed by atoms with Gasteiger partial charge in [-0.25, -0.2) is 0 Å². The number of nitrogens with zero attached hydrogens (tertiary/aromatic N) is 1. The Morgan fingerprint density at radius 1 is 1.30 bits per heavy atom. The third kappa shape index (κ3) is 4.14.